The van der Waals surface area contributed by atoms with E-state index in [4.69, 9.17) is 4.74 Å². The van der Waals surface area contributed by atoms with E-state index in [1.54, 1.807) is 0 Å². The Morgan fingerprint density at radius 1 is 1.10 bits per heavy atom. The second-order valence-corrected chi connectivity index (χ2v) is 6.87. The second kappa shape index (κ2) is 7.31. The number of ether oxygens (including phenoxy) is 1. The summed E-state index contributed by atoms with van der Waals surface area (Å²) >= 11 is 0. The molecule has 1 N–H and O–H groups in total. The van der Waals surface area contributed by atoms with Gasteiger partial charge in [-0.1, -0.05) is 46.2 Å². The minimum atomic E-state index is 0.246. The highest BCUT2D eigenvalue weighted by Crippen LogP contribution is 2.29. The van der Waals surface area contributed by atoms with Gasteiger partial charge in [0.15, 0.2) is 0 Å². The number of rotatable bonds is 6. The molecule has 118 valence electrons. The lowest BCUT2D eigenvalue weighted by Crippen LogP contribution is -2.45. The van der Waals surface area contributed by atoms with Crippen LogP contribution in [0.25, 0.3) is 0 Å². The third-order valence-corrected chi connectivity index (χ3v) is 4.98. The molecular weight excluding hydrogens is 258 g/mol. The minimum Gasteiger partial charge on any atom is -0.489 e. The maximum atomic E-state index is 6.26. The van der Waals surface area contributed by atoms with E-state index in [0.29, 0.717) is 12.1 Å². The monoisotopic (exact) mass is 289 g/mol. The molecule has 0 aliphatic heterocycles. The highest BCUT2D eigenvalue weighted by Gasteiger charge is 2.26. The van der Waals surface area contributed by atoms with Crippen LogP contribution in [0.15, 0.2) is 24.3 Å². The van der Waals surface area contributed by atoms with Gasteiger partial charge in [-0.15, -0.1) is 0 Å². The Morgan fingerprint density at radius 2 is 1.76 bits per heavy atom. The third-order valence-electron chi connectivity index (χ3n) is 4.98. The van der Waals surface area contributed by atoms with Crippen molar-refractivity contribution in [3.63, 3.8) is 0 Å². The van der Waals surface area contributed by atoms with Crippen molar-refractivity contribution >= 4 is 0 Å². The van der Waals surface area contributed by atoms with Gasteiger partial charge < -0.3 is 10.1 Å². The summed E-state index contributed by atoms with van der Waals surface area (Å²) in [7, 11) is 0. The normalized spacial score (nSPS) is 23.0. The smallest absolute Gasteiger partial charge is 0.119 e. The molecule has 1 aromatic rings. The Kier molecular flexibility index (Phi) is 5.69. The third kappa shape index (κ3) is 4.23. The highest BCUT2D eigenvalue weighted by molar-refractivity contribution is 5.31. The lowest BCUT2D eigenvalue weighted by Gasteiger charge is -2.32. The first-order chi connectivity index (χ1) is 10.1. The molecule has 1 fully saturated rings. The van der Waals surface area contributed by atoms with Gasteiger partial charge in [0.25, 0.3) is 0 Å². The van der Waals surface area contributed by atoms with Crippen LogP contribution in [-0.2, 0) is 5.41 Å². The molecule has 1 aliphatic carbocycles. The molecule has 0 amide bonds. The van der Waals surface area contributed by atoms with Crippen LogP contribution < -0.4 is 10.1 Å². The van der Waals surface area contributed by atoms with E-state index >= 15 is 0 Å². The average molecular weight is 289 g/mol. The van der Waals surface area contributed by atoms with E-state index in [0.717, 1.165) is 18.7 Å². The lowest BCUT2D eigenvalue weighted by atomic mass is 9.82. The number of nitrogens with one attached hydrogen (secondary N) is 1. The van der Waals surface area contributed by atoms with Crippen LogP contribution in [-0.4, -0.2) is 18.7 Å². The molecule has 1 aromatic carbocycles. The molecular formula is C19H31NO. The van der Waals surface area contributed by atoms with Crippen molar-refractivity contribution < 1.29 is 4.74 Å². The van der Waals surface area contributed by atoms with Crippen molar-refractivity contribution in [2.75, 3.05) is 6.54 Å². The molecule has 1 aliphatic rings. The van der Waals surface area contributed by atoms with Gasteiger partial charge in [-0.05, 0) is 55.3 Å². The van der Waals surface area contributed by atoms with E-state index < -0.39 is 0 Å². The van der Waals surface area contributed by atoms with Gasteiger partial charge in [-0.2, -0.15) is 0 Å². The summed E-state index contributed by atoms with van der Waals surface area (Å²) in [5.41, 5.74) is 1.64. The van der Waals surface area contributed by atoms with Crippen molar-refractivity contribution in [1.82, 2.24) is 5.32 Å². The van der Waals surface area contributed by atoms with E-state index in [1.807, 2.05) is 0 Å². The molecule has 1 saturated carbocycles. The van der Waals surface area contributed by atoms with Gasteiger partial charge in [-0.3, -0.25) is 0 Å². The quantitative estimate of drug-likeness (QED) is 0.821. The van der Waals surface area contributed by atoms with Crippen molar-refractivity contribution in [3.05, 3.63) is 29.8 Å². The van der Waals surface area contributed by atoms with Crippen LogP contribution in [0.3, 0.4) is 0 Å². The topological polar surface area (TPSA) is 21.3 Å². The Morgan fingerprint density at radius 3 is 2.38 bits per heavy atom. The number of likely N-dealkylation sites (N-methyl/N-ethyl adjacent to an activating group) is 1. The van der Waals surface area contributed by atoms with Crippen LogP contribution in [0.5, 0.6) is 5.75 Å². The van der Waals surface area contributed by atoms with Gasteiger partial charge in [-0.25, -0.2) is 0 Å². The highest BCUT2D eigenvalue weighted by atomic mass is 16.5. The van der Waals surface area contributed by atoms with Crippen molar-refractivity contribution in [3.8, 4) is 5.75 Å². The predicted octanol–water partition coefficient (Wildman–Crippen LogP) is 4.67. The Hall–Kier alpha value is -1.02. The Labute approximate surface area is 130 Å². The zero-order chi connectivity index (χ0) is 15.3. The van der Waals surface area contributed by atoms with E-state index in [2.05, 4.69) is 57.3 Å². The summed E-state index contributed by atoms with van der Waals surface area (Å²) in [5.74, 6) is 1.01. The number of hydrogen-bond donors (Lipinski definition) is 1. The molecule has 0 saturated heterocycles. The summed E-state index contributed by atoms with van der Waals surface area (Å²) in [6.07, 6.45) is 6.48. The Balaban J connectivity index is 2.02. The van der Waals surface area contributed by atoms with E-state index in [-0.39, 0.29) is 5.41 Å². The fourth-order valence-electron chi connectivity index (χ4n) is 3.10. The lowest BCUT2D eigenvalue weighted by molar-refractivity contribution is 0.115. The van der Waals surface area contributed by atoms with Crippen LogP contribution >= 0.6 is 0 Å². The largest absolute Gasteiger partial charge is 0.489 e. The zero-order valence-electron chi connectivity index (χ0n) is 14.1. The van der Waals surface area contributed by atoms with Crippen LogP contribution in [0.1, 0.15) is 65.4 Å². The van der Waals surface area contributed by atoms with Gasteiger partial charge >= 0.3 is 0 Å². The Bertz CT molecular complexity index is 422. The average Bonchev–Trinajstić information content (AvgIpc) is 2.50. The summed E-state index contributed by atoms with van der Waals surface area (Å²) in [4.78, 5) is 0. The fraction of sp³-hybridized carbons (Fsp3) is 0.684. The van der Waals surface area contributed by atoms with Crippen LogP contribution in [0.2, 0.25) is 0 Å². The molecule has 2 rings (SSSR count). The van der Waals surface area contributed by atoms with Crippen LogP contribution in [0, 0.1) is 0 Å². The van der Waals surface area contributed by atoms with Gasteiger partial charge in [0.1, 0.15) is 11.9 Å². The molecule has 0 bridgehead atoms. The maximum Gasteiger partial charge on any atom is 0.119 e. The SMILES string of the molecule is CCNC1CCCCC1Oc1ccc(C(C)(C)CC)cc1. The molecule has 0 spiro atoms. The minimum absolute atomic E-state index is 0.246. The summed E-state index contributed by atoms with van der Waals surface area (Å²) in [6, 6.07) is 9.25. The van der Waals surface area contributed by atoms with Gasteiger partial charge in [0.2, 0.25) is 0 Å². The standard InChI is InChI=1S/C19H31NO/c1-5-19(3,4)15-11-13-16(14-12-15)21-18-10-8-7-9-17(18)20-6-2/h11-14,17-18,20H,5-10H2,1-4H3. The predicted molar refractivity (Wildman–Crippen MR) is 90.1 cm³/mol. The summed E-state index contributed by atoms with van der Waals surface area (Å²) in [6.45, 7) is 10.0. The molecule has 2 unspecified atom stereocenters. The van der Waals surface area contributed by atoms with Gasteiger partial charge in [0.05, 0.1) is 0 Å². The maximum absolute atomic E-state index is 6.26. The first kappa shape index (κ1) is 16.4. The molecule has 2 nitrogen and oxygen atoms in total. The molecule has 0 heterocycles. The first-order valence-electron chi connectivity index (χ1n) is 8.57. The molecule has 2 heteroatoms. The molecule has 2 atom stereocenters. The van der Waals surface area contributed by atoms with E-state index in [1.165, 1.54) is 31.2 Å². The van der Waals surface area contributed by atoms with Crippen molar-refractivity contribution in [2.45, 2.75) is 77.4 Å². The summed E-state index contributed by atoms with van der Waals surface area (Å²) in [5, 5.41) is 3.57. The van der Waals surface area contributed by atoms with Gasteiger partial charge in [0, 0.05) is 6.04 Å². The number of benzene rings is 1. The number of hydrogen-bond acceptors (Lipinski definition) is 2. The fourth-order valence-corrected chi connectivity index (χ4v) is 3.10. The van der Waals surface area contributed by atoms with Crippen molar-refractivity contribution in [2.24, 2.45) is 0 Å². The first-order valence-corrected chi connectivity index (χ1v) is 8.57. The van der Waals surface area contributed by atoms with Crippen molar-refractivity contribution in [1.29, 1.82) is 0 Å². The summed E-state index contributed by atoms with van der Waals surface area (Å²) < 4.78 is 6.26. The van der Waals surface area contributed by atoms with Crippen LogP contribution in [0.4, 0.5) is 0 Å². The molecule has 0 radical (unpaired) electrons. The zero-order valence-corrected chi connectivity index (χ0v) is 14.1. The second-order valence-electron chi connectivity index (χ2n) is 6.87. The molecule has 21 heavy (non-hydrogen) atoms. The van der Waals surface area contributed by atoms with E-state index in [9.17, 15) is 0 Å². The molecule has 0 aromatic heterocycles.